The molecule has 1 amide bonds. The number of hydrogen-bond acceptors (Lipinski definition) is 9. The van der Waals surface area contributed by atoms with E-state index in [1.807, 2.05) is 73.7 Å². The summed E-state index contributed by atoms with van der Waals surface area (Å²) >= 11 is 0. The van der Waals surface area contributed by atoms with Crippen LogP contribution in [0.3, 0.4) is 0 Å². The zero-order valence-electron chi connectivity index (χ0n) is 24.7. The number of amides is 1. The smallest absolute Gasteiger partial charge is 0.311 e. The lowest BCUT2D eigenvalue weighted by Crippen LogP contribution is -2.61. The molecule has 0 bridgehead atoms. The van der Waals surface area contributed by atoms with Crippen molar-refractivity contribution in [1.29, 1.82) is 5.26 Å². The number of carbonyl (C=O) groups is 2. The van der Waals surface area contributed by atoms with Crippen LogP contribution in [0.1, 0.15) is 31.2 Å². The van der Waals surface area contributed by atoms with Crippen molar-refractivity contribution in [2.24, 2.45) is 17.8 Å². The first-order valence-corrected chi connectivity index (χ1v) is 14.8. The number of ether oxygens (including phenoxy) is 1. The summed E-state index contributed by atoms with van der Waals surface area (Å²) in [5.74, 6) is -1.49. The number of aliphatic hydroxyl groups excluding tert-OH is 1. The lowest BCUT2D eigenvalue weighted by molar-refractivity contribution is -0.160. The molecule has 1 saturated carbocycles. The summed E-state index contributed by atoms with van der Waals surface area (Å²) in [4.78, 5) is 30.7. The number of nitrogens with zero attached hydrogens (tertiary/aromatic N) is 6. The van der Waals surface area contributed by atoms with E-state index < -0.39 is 29.4 Å². The Hall–Kier alpha value is -4.43. The van der Waals surface area contributed by atoms with Gasteiger partial charge in [0.25, 0.3) is 0 Å². The Bertz CT molecular complexity index is 1550. The Morgan fingerprint density at radius 1 is 1.21 bits per heavy atom. The average Bonchev–Trinajstić information content (AvgIpc) is 3.61. The molecule has 43 heavy (non-hydrogen) atoms. The molecule has 11 heteroatoms. The molecule has 1 saturated heterocycles. The number of nitrogens with one attached hydrogen (secondary N) is 1. The number of piperidine rings is 1. The van der Waals surface area contributed by atoms with Crippen LogP contribution in [0.2, 0.25) is 0 Å². The number of methoxy groups -OCH3 is 1. The monoisotopic (exact) mass is 583 g/mol. The number of aliphatic hydroxyl groups is 1. The number of para-hydroxylation sites is 1. The van der Waals surface area contributed by atoms with Gasteiger partial charge < -0.3 is 25.0 Å². The maximum absolute atomic E-state index is 14.1. The second-order valence-corrected chi connectivity index (χ2v) is 12.2. The highest BCUT2D eigenvalue weighted by atomic mass is 16.5. The molecule has 0 spiro atoms. The molecule has 6 rings (SSSR count). The summed E-state index contributed by atoms with van der Waals surface area (Å²) in [6.07, 6.45) is 5.39. The second kappa shape index (κ2) is 11.3. The molecule has 2 unspecified atom stereocenters. The minimum atomic E-state index is -1.08. The molecule has 3 heterocycles. The van der Waals surface area contributed by atoms with Crippen LogP contribution in [0.5, 0.6) is 0 Å². The van der Waals surface area contributed by atoms with Crippen LogP contribution < -0.4 is 10.2 Å². The molecule has 6 atom stereocenters. The van der Waals surface area contributed by atoms with Gasteiger partial charge in [0.1, 0.15) is 5.69 Å². The summed E-state index contributed by atoms with van der Waals surface area (Å²) in [6, 6.07) is 15.1. The highest BCUT2D eigenvalue weighted by Crippen LogP contribution is 2.51. The van der Waals surface area contributed by atoms with Crippen molar-refractivity contribution >= 4 is 23.3 Å². The standard InChI is InChI=1S/C32H37N7O4/c1-37(2)22-11-8-20(9-12-22)26-18-39(36-35-26)15-14-32(24-6-4-5-7-25(24)34-31(32)42)28-16-23-21(17-38(28)19-33)10-13-27(40)29(23)30(41)43-3/h4-9,11-12,18,21,23,27-29,40H,10,13-17H2,1-3H3,(H,34,42)/t21-,23?,27-,28?,29+,32-/m0/s1. The van der Waals surface area contributed by atoms with Crippen molar-refractivity contribution < 1.29 is 19.4 Å². The molecule has 11 nitrogen and oxygen atoms in total. The summed E-state index contributed by atoms with van der Waals surface area (Å²) in [5, 5.41) is 33.1. The van der Waals surface area contributed by atoms with Crippen molar-refractivity contribution in [2.45, 2.75) is 49.8 Å². The van der Waals surface area contributed by atoms with E-state index in [2.05, 4.69) is 21.8 Å². The van der Waals surface area contributed by atoms with Crippen LogP contribution in [0.25, 0.3) is 11.3 Å². The van der Waals surface area contributed by atoms with E-state index in [-0.39, 0.29) is 17.7 Å². The summed E-state index contributed by atoms with van der Waals surface area (Å²) in [7, 11) is 5.32. The van der Waals surface area contributed by atoms with E-state index in [4.69, 9.17) is 4.74 Å². The minimum Gasteiger partial charge on any atom is -0.469 e. The number of nitriles is 1. The number of rotatable bonds is 7. The van der Waals surface area contributed by atoms with Gasteiger partial charge in [0.15, 0.2) is 6.19 Å². The number of esters is 1. The van der Waals surface area contributed by atoms with Gasteiger partial charge in [0.05, 0.1) is 36.8 Å². The maximum Gasteiger partial charge on any atom is 0.311 e. The van der Waals surface area contributed by atoms with Crippen LogP contribution >= 0.6 is 0 Å². The van der Waals surface area contributed by atoms with Crippen molar-refractivity contribution in [2.75, 3.05) is 38.0 Å². The molecule has 1 aliphatic carbocycles. The van der Waals surface area contributed by atoms with Gasteiger partial charge >= 0.3 is 5.97 Å². The van der Waals surface area contributed by atoms with Crippen LogP contribution in [-0.2, 0) is 26.3 Å². The minimum absolute atomic E-state index is 0.0388. The fourth-order valence-corrected chi connectivity index (χ4v) is 7.58. The van der Waals surface area contributed by atoms with E-state index in [9.17, 15) is 20.0 Å². The van der Waals surface area contributed by atoms with E-state index in [1.165, 1.54) is 7.11 Å². The predicted octanol–water partition coefficient (Wildman–Crippen LogP) is 3.02. The Morgan fingerprint density at radius 3 is 2.70 bits per heavy atom. The number of aryl methyl sites for hydroxylation is 1. The van der Waals surface area contributed by atoms with Crippen molar-refractivity contribution in [3.63, 3.8) is 0 Å². The molecular formula is C32H37N7O4. The lowest BCUT2D eigenvalue weighted by atomic mass is 9.60. The number of likely N-dealkylation sites (tertiary alicyclic amines) is 1. The van der Waals surface area contributed by atoms with Gasteiger partial charge in [-0.05, 0) is 61.3 Å². The van der Waals surface area contributed by atoms with Crippen molar-refractivity contribution in [3.05, 3.63) is 60.3 Å². The maximum atomic E-state index is 14.1. The average molecular weight is 584 g/mol. The number of carbonyl (C=O) groups excluding carboxylic acids is 2. The van der Waals surface area contributed by atoms with Gasteiger partial charge in [-0.1, -0.05) is 35.5 Å². The van der Waals surface area contributed by atoms with Crippen LogP contribution in [0.15, 0.2) is 54.7 Å². The van der Waals surface area contributed by atoms with Gasteiger partial charge in [0, 0.05) is 44.1 Å². The Labute approximate surface area is 251 Å². The highest BCUT2D eigenvalue weighted by molar-refractivity contribution is 6.07. The molecule has 224 valence electrons. The largest absolute Gasteiger partial charge is 0.469 e. The zero-order valence-corrected chi connectivity index (χ0v) is 24.7. The third-order valence-electron chi connectivity index (χ3n) is 9.80. The van der Waals surface area contributed by atoms with Crippen LogP contribution in [0.4, 0.5) is 11.4 Å². The van der Waals surface area contributed by atoms with Gasteiger partial charge in [-0.2, -0.15) is 5.26 Å². The molecule has 1 aromatic heterocycles. The summed E-state index contributed by atoms with van der Waals surface area (Å²) < 4.78 is 6.86. The van der Waals surface area contributed by atoms with Gasteiger partial charge in [0.2, 0.25) is 5.91 Å². The van der Waals surface area contributed by atoms with E-state index in [0.29, 0.717) is 38.8 Å². The summed E-state index contributed by atoms with van der Waals surface area (Å²) in [6.45, 7) is 0.803. The quantitative estimate of drug-likeness (QED) is 0.318. The third-order valence-corrected chi connectivity index (χ3v) is 9.80. The molecule has 0 radical (unpaired) electrons. The molecule has 3 aliphatic rings. The Balaban J connectivity index is 1.34. The molecule has 2 fully saturated rings. The second-order valence-electron chi connectivity index (χ2n) is 12.2. The zero-order chi connectivity index (χ0) is 30.3. The topological polar surface area (TPSA) is 137 Å². The van der Waals surface area contributed by atoms with E-state index in [1.54, 1.807) is 9.58 Å². The van der Waals surface area contributed by atoms with E-state index >= 15 is 0 Å². The molecule has 2 aliphatic heterocycles. The van der Waals surface area contributed by atoms with Gasteiger partial charge in [-0.25, -0.2) is 0 Å². The first-order chi connectivity index (χ1) is 20.8. The summed E-state index contributed by atoms with van der Waals surface area (Å²) in [5.41, 5.74) is 3.22. The van der Waals surface area contributed by atoms with Crippen LogP contribution in [0, 0.1) is 29.2 Å². The van der Waals surface area contributed by atoms with Crippen molar-refractivity contribution in [3.8, 4) is 17.5 Å². The van der Waals surface area contributed by atoms with Crippen LogP contribution in [-0.4, -0.2) is 76.8 Å². The molecule has 2 N–H and O–H groups in total. The van der Waals surface area contributed by atoms with E-state index in [0.717, 1.165) is 28.2 Å². The van der Waals surface area contributed by atoms with Gasteiger partial charge in [-0.3, -0.25) is 14.3 Å². The predicted molar refractivity (Wildman–Crippen MR) is 160 cm³/mol. The van der Waals surface area contributed by atoms with Crippen molar-refractivity contribution in [1.82, 2.24) is 19.9 Å². The number of aromatic nitrogens is 3. The SMILES string of the molecule is COC(=O)[C@@H]1C2CC([C@@]3(CCn4cc(-c5ccc(N(C)C)cc5)nn4)C(=O)Nc4ccccc43)N(C#N)C[C@@H]2CC[C@@H]1O. The third kappa shape index (κ3) is 4.89. The Morgan fingerprint density at radius 2 is 1.98 bits per heavy atom. The number of anilines is 2. The lowest BCUT2D eigenvalue weighted by Gasteiger charge is -2.52. The molecule has 2 aromatic carbocycles. The van der Waals surface area contributed by atoms with Gasteiger partial charge in [-0.15, -0.1) is 5.10 Å². The first-order valence-electron chi connectivity index (χ1n) is 14.8. The fourth-order valence-electron chi connectivity index (χ4n) is 7.58. The normalized spacial score (nSPS) is 27.9. The number of benzene rings is 2. The number of fused-ring (bicyclic) bond motifs is 2. The molecule has 3 aromatic rings. The molecular weight excluding hydrogens is 546 g/mol. The highest BCUT2D eigenvalue weighted by Gasteiger charge is 2.58. The Kier molecular flexibility index (Phi) is 7.56. The first kappa shape index (κ1) is 28.7. The number of hydrogen-bond donors (Lipinski definition) is 2. The fraction of sp³-hybridized carbons (Fsp3) is 0.469.